The topological polar surface area (TPSA) is 85.5 Å². The van der Waals surface area contributed by atoms with Gasteiger partial charge in [-0.1, -0.05) is 0 Å². The first-order chi connectivity index (χ1) is 0. The molecule has 0 amide bonds. The van der Waals surface area contributed by atoms with Crippen molar-refractivity contribution in [3.63, 3.8) is 0 Å². The summed E-state index contributed by atoms with van der Waals surface area (Å²) in [5.74, 6) is 0. The Bertz CT molecular complexity index is 6.85. The van der Waals surface area contributed by atoms with E-state index in [1.807, 2.05) is 0 Å². The summed E-state index contributed by atoms with van der Waals surface area (Å²) in [5.41, 5.74) is 0. The van der Waals surface area contributed by atoms with Crippen LogP contribution in [-0.2, 0) is 57.4 Å². The Morgan fingerprint density at radius 1 is 0.600 bits per heavy atom. The van der Waals surface area contributed by atoms with Crippen molar-refractivity contribution in [1.29, 1.82) is 0 Å². The summed E-state index contributed by atoms with van der Waals surface area (Å²) in [7, 11) is 0. The van der Waals surface area contributed by atoms with Gasteiger partial charge >= 0.3 is 40.9 Å². The fraction of sp³-hybridized carbons (Fsp3) is 0. The van der Waals surface area contributed by atoms with E-state index in [4.69, 9.17) is 0 Å². The fourth-order valence-corrected chi connectivity index (χ4v) is 0. The molecule has 0 saturated heterocycles. The molecule has 3 nitrogen and oxygen atoms in total. The standard InChI is InChI=1S/Nb.3O.V/q+5;3*-2;+5. The number of rotatable bonds is 0. The van der Waals surface area contributed by atoms with E-state index < -0.39 is 0 Å². The maximum Gasteiger partial charge on any atom is 5.00 e. The minimum Gasteiger partial charge on any atom is -2.00 e. The maximum atomic E-state index is 0. The Hall–Kier alpha value is 1.20. The van der Waals surface area contributed by atoms with Crippen LogP contribution in [0.3, 0.4) is 0 Å². The monoisotopic (exact) mass is 192 g/mol. The van der Waals surface area contributed by atoms with Gasteiger partial charge in [0, 0.05) is 0 Å². The van der Waals surface area contributed by atoms with Crippen molar-refractivity contribution in [2.75, 3.05) is 0 Å². The smallest absolute Gasteiger partial charge is 2.00 e. The average Bonchev–Trinajstić information content (AvgIpc) is 0. The molecule has 0 aliphatic heterocycles. The van der Waals surface area contributed by atoms with Crippen molar-refractivity contribution < 1.29 is 57.4 Å². The van der Waals surface area contributed by atoms with Crippen molar-refractivity contribution in [2.24, 2.45) is 0 Å². The summed E-state index contributed by atoms with van der Waals surface area (Å²) in [6.45, 7) is 0. The zero-order valence-electron chi connectivity index (χ0n) is 2.12. The molecular weight excluding hydrogens is 192 g/mol. The van der Waals surface area contributed by atoms with Crippen LogP contribution in [-0.4, -0.2) is 0 Å². The summed E-state index contributed by atoms with van der Waals surface area (Å²) >= 11 is 0. The van der Waals surface area contributed by atoms with Crippen LogP contribution in [0.15, 0.2) is 0 Å². The zero-order chi connectivity index (χ0) is 0. The molecule has 0 spiro atoms. The van der Waals surface area contributed by atoms with Gasteiger partial charge in [0.25, 0.3) is 0 Å². The van der Waals surface area contributed by atoms with E-state index in [-0.39, 0.29) is 57.4 Å². The molecule has 5 heavy (non-hydrogen) atoms. The van der Waals surface area contributed by atoms with E-state index >= 15 is 0 Å². The molecule has 0 atom stereocenters. The third kappa shape index (κ3) is 36.8. The number of hydrogen-bond donors (Lipinski definition) is 0. The van der Waals surface area contributed by atoms with Gasteiger partial charge in [0.1, 0.15) is 0 Å². The van der Waals surface area contributed by atoms with Gasteiger partial charge in [-0.3, -0.25) is 0 Å². The Labute approximate surface area is 57.5 Å². The fourth-order valence-electron chi connectivity index (χ4n) is 0. The first-order valence-corrected chi connectivity index (χ1v) is 0. The molecule has 0 rings (SSSR count). The molecule has 0 bridgehead atoms. The minimum atomic E-state index is 0. The van der Waals surface area contributed by atoms with Crippen LogP contribution in [0.2, 0.25) is 0 Å². The van der Waals surface area contributed by atoms with E-state index in [1.165, 1.54) is 0 Å². The van der Waals surface area contributed by atoms with Crippen molar-refractivity contribution in [3.8, 4) is 0 Å². The molecule has 0 aliphatic rings. The summed E-state index contributed by atoms with van der Waals surface area (Å²) in [6.07, 6.45) is 0. The van der Waals surface area contributed by atoms with Crippen LogP contribution in [0.4, 0.5) is 0 Å². The van der Waals surface area contributed by atoms with E-state index in [0.717, 1.165) is 0 Å². The van der Waals surface area contributed by atoms with Crippen molar-refractivity contribution in [1.82, 2.24) is 0 Å². The van der Waals surface area contributed by atoms with Gasteiger partial charge in [0.05, 0.1) is 0 Å². The summed E-state index contributed by atoms with van der Waals surface area (Å²) in [4.78, 5) is 0. The van der Waals surface area contributed by atoms with Crippen LogP contribution < -0.4 is 0 Å². The van der Waals surface area contributed by atoms with Gasteiger partial charge < -0.3 is 16.4 Å². The van der Waals surface area contributed by atoms with Crippen LogP contribution in [0.1, 0.15) is 0 Å². The Morgan fingerprint density at radius 2 is 0.600 bits per heavy atom. The van der Waals surface area contributed by atoms with Crippen molar-refractivity contribution in [2.45, 2.75) is 0 Å². The van der Waals surface area contributed by atoms with E-state index in [0.29, 0.717) is 0 Å². The molecule has 0 aromatic rings. The predicted molar refractivity (Wildman–Crippen MR) is 2.06 cm³/mol. The first-order valence-electron chi connectivity index (χ1n) is 0. The Kier molecular flexibility index (Phi) is 1470. The molecule has 0 saturated carbocycles. The summed E-state index contributed by atoms with van der Waals surface area (Å²) < 4.78 is 0. The molecule has 0 N–H and O–H groups in total. The van der Waals surface area contributed by atoms with Crippen molar-refractivity contribution >= 4 is 0 Å². The van der Waals surface area contributed by atoms with Gasteiger partial charge in [-0.25, -0.2) is 0 Å². The van der Waals surface area contributed by atoms with Gasteiger partial charge in [-0.2, -0.15) is 0 Å². The van der Waals surface area contributed by atoms with Gasteiger partial charge in [-0.05, 0) is 0 Å². The molecule has 0 aliphatic carbocycles. The van der Waals surface area contributed by atoms with Crippen LogP contribution in [0, 0.1) is 0 Å². The molecule has 0 heterocycles. The Balaban J connectivity index is 0. The molecule has 5 heteroatoms. The maximum absolute atomic E-state index is 0. The summed E-state index contributed by atoms with van der Waals surface area (Å²) in [6, 6.07) is 0. The summed E-state index contributed by atoms with van der Waals surface area (Å²) in [5, 5.41) is 0. The molecule has 0 unspecified atom stereocenters. The van der Waals surface area contributed by atoms with Crippen LogP contribution in [0.25, 0.3) is 0 Å². The van der Waals surface area contributed by atoms with Gasteiger partial charge in [0.2, 0.25) is 0 Å². The van der Waals surface area contributed by atoms with Gasteiger partial charge in [0.15, 0.2) is 0 Å². The largest absolute Gasteiger partial charge is 5.00 e. The molecule has 0 aromatic heterocycles. The quantitative estimate of drug-likeness (QED) is 0.469. The molecule has 0 fully saturated rings. The second-order valence-corrected chi connectivity index (χ2v) is 0. The average molecular weight is 192 g/mol. The van der Waals surface area contributed by atoms with E-state index in [1.54, 1.807) is 0 Å². The zero-order valence-corrected chi connectivity index (χ0v) is 5.71. The number of hydrogen-bond acceptors (Lipinski definition) is 0. The molecule has 24 valence electrons. The molecular formula is NbO3V+4. The third-order valence-electron chi connectivity index (χ3n) is 0. The second kappa shape index (κ2) is 63.4. The van der Waals surface area contributed by atoms with Gasteiger partial charge in [-0.15, -0.1) is 0 Å². The predicted octanol–water partition coefficient (Wildman–Crippen LogP) is -0.361. The normalized spacial score (nSPS) is 0. The molecule has 0 radical (unpaired) electrons. The van der Waals surface area contributed by atoms with E-state index in [2.05, 4.69) is 0 Å². The molecule has 0 aromatic carbocycles. The van der Waals surface area contributed by atoms with E-state index in [9.17, 15) is 0 Å². The van der Waals surface area contributed by atoms with Crippen LogP contribution >= 0.6 is 0 Å². The minimum absolute atomic E-state index is 0. The third-order valence-corrected chi connectivity index (χ3v) is 0. The Morgan fingerprint density at radius 3 is 0.600 bits per heavy atom. The first kappa shape index (κ1) is 116. The SMILES string of the molecule is [Nb+5].[O-2].[O-2].[O-2].[V+5]. The van der Waals surface area contributed by atoms with Crippen LogP contribution in [0.5, 0.6) is 0 Å². The van der Waals surface area contributed by atoms with Crippen molar-refractivity contribution in [3.05, 3.63) is 0 Å². The second-order valence-electron chi connectivity index (χ2n) is 0.